The smallest absolute Gasteiger partial charge is 0.265 e. The first-order chi connectivity index (χ1) is 14.6. The molecule has 1 atom stereocenters. The van der Waals surface area contributed by atoms with Crippen molar-refractivity contribution >= 4 is 17.4 Å². The number of carbonyl (C=O) groups excluding carboxylic acids is 1. The van der Waals surface area contributed by atoms with Crippen LogP contribution in [-0.4, -0.2) is 35.3 Å². The second kappa shape index (κ2) is 8.95. The van der Waals surface area contributed by atoms with E-state index in [1.54, 1.807) is 6.92 Å². The Kier molecular flexibility index (Phi) is 5.93. The van der Waals surface area contributed by atoms with Crippen LogP contribution >= 0.6 is 0 Å². The highest BCUT2D eigenvalue weighted by Crippen LogP contribution is 2.23. The monoisotopic (exact) mass is 402 g/mol. The first kappa shape index (κ1) is 19.9. The van der Waals surface area contributed by atoms with Crippen LogP contribution in [0.1, 0.15) is 25.3 Å². The van der Waals surface area contributed by atoms with E-state index in [0.29, 0.717) is 11.4 Å². The summed E-state index contributed by atoms with van der Waals surface area (Å²) in [6.07, 6.45) is 1.80. The molecule has 1 aliphatic heterocycles. The van der Waals surface area contributed by atoms with Crippen LogP contribution in [0.5, 0.6) is 5.75 Å². The average Bonchev–Trinajstić information content (AvgIpc) is 3.29. The molecule has 154 valence electrons. The minimum Gasteiger partial charge on any atom is -0.481 e. The van der Waals surface area contributed by atoms with Crippen LogP contribution in [-0.2, 0) is 4.79 Å². The Morgan fingerprint density at radius 1 is 1.03 bits per heavy atom. The zero-order valence-corrected chi connectivity index (χ0v) is 17.3. The van der Waals surface area contributed by atoms with Crippen LogP contribution in [0.3, 0.4) is 0 Å². The summed E-state index contributed by atoms with van der Waals surface area (Å²) in [5.74, 6) is 1.40. The third-order valence-electron chi connectivity index (χ3n) is 5.18. The number of anilines is 2. The molecule has 0 aliphatic carbocycles. The van der Waals surface area contributed by atoms with Crippen LogP contribution in [0.25, 0.3) is 11.3 Å². The van der Waals surface area contributed by atoms with Crippen molar-refractivity contribution in [3.63, 3.8) is 0 Å². The molecule has 0 spiro atoms. The molecule has 30 heavy (non-hydrogen) atoms. The Morgan fingerprint density at radius 3 is 2.57 bits per heavy atom. The number of aromatic nitrogens is 2. The third kappa shape index (κ3) is 4.76. The van der Waals surface area contributed by atoms with Gasteiger partial charge in [0.15, 0.2) is 11.9 Å². The van der Waals surface area contributed by atoms with Gasteiger partial charge in [0.2, 0.25) is 0 Å². The molecule has 6 nitrogen and oxygen atoms in total. The molecule has 1 aliphatic rings. The van der Waals surface area contributed by atoms with Gasteiger partial charge >= 0.3 is 0 Å². The summed E-state index contributed by atoms with van der Waals surface area (Å²) < 4.78 is 5.77. The van der Waals surface area contributed by atoms with Crippen molar-refractivity contribution in [3.05, 3.63) is 66.2 Å². The second-order valence-electron chi connectivity index (χ2n) is 7.62. The maximum atomic E-state index is 12.6. The van der Waals surface area contributed by atoms with Gasteiger partial charge in [-0.15, -0.1) is 10.2 Å². The first-order valence-electron chi connectivity index (χ1n) is 10.3. The van der Waals surface area contributed by atoms with Gasteiger partial charge in [0.25, 0.3) is 5.91 Å². The summed E-state index contributed by atoms with van der Waals surface area (Å²) in [7, 11) is 0. The highest BCUT2D eigenvalue weighted by Gasteiger charge is 2.16. The quantitative estimate of drug-likeness (QED) is 0.659. The molecule has 3 aromatic rings. The zero-order chi connectivity index (χ0) is 20.9. The molecule has 2 heterocycles. The molecular formula is C24H26N4O2. The largest absolute Gasteiger partial charge is 0.481 e. The summed E-state index contributed by atoms with van der Waals surface area (Å²) in [4.78, 5) is 14.8. The molecule has 0 bridgehead atoms. The second-order valence-corrected chi connectivity index (χ2v) is 7.62. The number of aryl methyl sites for hydroxylation is 1. The zero-order valence-electron chi connectivity index (χ0n) is 17.3. The van der Waals surface area contributed by atoms with Crippen molar-refractivity contribution in [2.24, 2.45) is 0 Å². The number of carbonyl (C=O) groups is 1. The Balaban J connectivity index is 1.42. The van der Waals surface area contributed by atoms with E-state index in [2.05, 4.69) is 20.4 Å². The molecule has 1 unspecified atom stereocenters. The number of nitrogens with one attached hydrogen (secondary N) is 1. The van der Waals surface area contributed by atoms with Gasteiger partial charge in [-0.25, -0.2) is 0 Å². The Labute approximate surface area is 176 Å². The molecule has 1 saturated heterocycles. The number of rotatable bonds is 6. The lowest BCUT2D eigenvalue weighted by Crippen LogP contribution is -2.30. The lowest BCUT2D eigenvalue weighted by Gasteiger charge is -2.16. The predicted octanol–water partition coefficient (Wildman–Crippen LogP) is 4.46. The molecule has 1 fully saturated rings. The topological polar surface area (TPSA) is 67.3 Å². The number of nitrogens with zero attached hydrogens (tertiary/aromatic N) is 3. The molecular weight excluding hydrogens is 376 g/mol. The van der Waals surface area contributed by atoms with Gasteiger partial charge in [-0.3, -0.25) is 4.79 Å². The Morgan fingerprint density at radius 2 is 1.83 bits per heavy atom. The van der Waals surface area contributed by atoms with Crippen molar-refractivity contribution in [1.29, 1.82) is 0 Å². The van der Waals surface area contributed by atoms with Crippen molar-refractivity contribution in [1.82, 2.24) is 10.2 Å². The van der Waals surface area contributed by atoms with Crippen molar-refractivity contribution < 1.29 is 9.53 Å². The fraction of sp³-hybridized carbons (Fsp3) is 0.292. The standard InChI is InChI=1S/C24H26N4O2/c1-17-7-5-10-21(15-17)30-18(2)24(29)25-20-9-6-8-19(16-20)22-11-12-23(27-26-22)28-13-3-4-14-28/h5-12,15-16,18H,3-4,13-14H2,1-2H3,(H,25,29). The van der Waals surface area contributed by atoms with Gasteiger partial charge in [-0.2, -0.15) is 0 Å². The summed E-state index contributed by atoms with van der Waals surface area (Å²) >= 11 is 0. The highest BCUT2D eigenvalue weighted by atomic mass is 16.5. The van der Waals surface area contributed by atoms with Crippen molar-refractivity contribution in [3.8, 4) is 17.0 Å². The van der Waals surface area contributed by atoms with E-state index < -0.39 is 6.10 Å². The summed E-state index contributed by atoms with van der Waals surface area (Å²) in [5.41, 5.74) is 3.46. The number of hydrogen-bond acceptors (Lipinski definition) is 5. The fourth-order valence-corrected chi connectivity index (χ4v) is 3.54. The molecule has 4 rings (SSSR count). The number of amides is 1. The third-order valence-corrected chi connectivity index (χ3v) is 5.18. The van der Waals surface area contributed by atoms with Crippen LogP contribution in [0, 0.1) is 6.92 Å². The summed E-state index contributed by atoms with van der Waals surface area (Å²) in [6.45, 7) is 5.81. The first-order valence-corrected chi connectivity index (χ1v) is 10.3. The van der Waals surface area contributed by atoms with Gasteiger partial charge in [0.05, 0.1) is 5.69 Å². The van der Waals surface area contributed by atoms with E-state index in [0.717, 1.165) is 35.7 Å². The molecule has 6 heteroatoms. The Bertz CT molecular complexity index is 1010. The number of benzene rings is 2. The number of ether oxygens (including phenoxy) is 1. The Hall–Kier alpha value is -3.41. The van der Waals surface area contributed by atoms with E-state index in [-0.39, 0.29) is 5.91 Å². The van der Waals surface area contributed by atoms with Gasteiger partial charge in [-0.1, -0.05) is 24.3 Å². The van der Waals surface area contributed by atoms with Gasteiger partial charge in [-0.05, 0) is 68.7 Å². The summed E-state index contributed by atoms with van der Waals surface area (Å²) in [5, 5.41) is 11.7. The molecule has 1 aromatic heterocycles. The van der Waals surface area contributed by atoms with E-state index in [9.17, 15) is 4.79 Å². The van der Waals surface area contributed by atoms with Gasteiger partial charge in [0.1, 0.15) is 5.75 Å². The van der Waals surface area contributed by atoms with E-state index in [4.69, 9.17) is 4.74 Å². The maximum absolute atomic E-state index is 12.6. The molecule has 1 amide bonds. The SMILES string of the molecule is Cc1cccc(OC(C)C(=O)Nc2cccc(-c3ccc(N4CCCC4)nn3)c2)c1. The lowest BCUT2D eigenvalue weighted by molar-refractivity contribution is -0.122. The lowest BCUT2D eigenvalue weighted by atomic mass is 10.1. The number of hydrogen-bond donors (Lipinski definition) is 1. The average molecular weight is 402 g/mol. The highest BCUT2D eigenvalue weighted by molar-refractivity contribution is 5.94. The van der Waals surface area contributed by atoms with Crippen LogP contribution in [0.15, 0.2) is 60.7 Å². The van der Waals surface area contributed by atoms with E-state index >= 15 is 0 Å². The van der Waals surface area contributed by atoms with Crippen molar-refractivity contribution in [2.75, 3.05) is 23.3 Å². The fourth-order valence-electron chi connectivity index (χ4n) is 3.54. The van der Waals surface area contributed by atoms with Crippen molar-refractivity contribution in [2.45, 2.75) is 32.8 Å². The van der Waals surface area contributed by atoms with Crippen LogP contribution in [0.4, 0.5) is 11.5 Å². The molecule has 0 saturated carbocycles. The molecule has 0 radical (unpaired) electrons. The normalized spacial score (nSPS) is 14.4. The molecule has 2 aromatic carbocycles. The molecule has 1 N–H and O–H groups in total. The maximum Gasteiger partial charge on any atom is 0.265 e. The van der Waals surface area contributed by atoms with E-state index in [1.165, 1.54) is 12.8 Å². The van der Waals surface area contributed by atoms with Crippen LogP contribution in [0.2, 0.25) is 0 Å². The van der Waals surface area contributed by atoms with Gasteiger partial charge in [0, 0.05) is 24.3 Å². The minimum absolute atomic E-state index is 0.205. The van der Waals surface area contributed by atoms with E-state index in [1.807, 2.05) is 67.6 Å². The summed E-state index contributed by atoms with van der Waals surface area (Å²) in [6, 6.07) is 19.3. The minimum atomic E-state index is -0.616. The van der Waals surface area contributed by atoms with Gasteiger partial charge < -0.3 is 15.0 Å². The van der Waals surface area contributed by atoms with Crippen LogP contribution < -0.4 is 15.0 Å². The predicted molar refractivity (Wildman–Crippen MR) is 119 cm³/mol.